The van der Waals surface area contributed by atoms with Gasteiger partial charge in [0.15, 0.2) is 5.69 Å². The number of benzene rings is 1. The van der Waals surface area contributed by atoms with Crippen LogP contribution in [0.1, 0.15) is 16.1 Å². The molecule has 1 heterocycles. The summed E-state index contributed by atoms with van der Waals surface area (Å²) in [5.41, 5.74) is 6.55. The molecule has 0 atom stereocenters. The average Bonchev–Trinajstić information content (AvgIpc) is 2.38. The third kappa shape index (κ3) is 2.38. The predicted octanol–water partition coefficient (Wildman–Crippen LogP) is 1.14. The van der Waals surface area contributed by atoms with Crippen molar-refractivity contribution in [3.63, 3.8) is 0 Å². The van der Waals surface area contributed by atoms with Gasteiger partial charge in [-0.1, -0.05) is 12.1 Å². The number of hydrogen-bond donors (Lipinski definition) is 3. The summed E-state index contributed by atoms with van der Waals surface area (Å²) >= 11 is 0. The Morgan fingerprint density at radius 3 is 2.79 bits per heavy atom. The fourth-order valence-corrected chi connectivity index (χ4v) is 1.95. The number of anilines is 1. The normalized spacial score (nSPS) is 10.4. The average molecular weight is 259 g/mol. The summed E-state index contributed by atoms with van der Waals surface area (Å²) in [6.45, 7) is 1.67. The maximum atomic E-state index is 11.4. The fraction of sp³-hybridized carbons (Fsp3) is 0.154. The number of nitrogens with zero attached hydrogens (tertiary/aromatic N) is 1. The van der Waals surface area contributed by atoms with Gasteiger partial charge in [0.2, 0.25) is 5.91 Å². The summed E-state index contributed by atoms with van der Waals surface area (Å²) in [6.07, 6.45) is 1.48. The lowest BCUT2D eigenvalue weighted by atomic mass is 10.0. The Morgan fingerprint density at radius 2 is 2.16 bits per heavy atom. The third-order valence-electron chi connectivity index (χ3n) is 2.76. The van der Waals surface area contributed by atoms with E-state index in [1.807, 2.05) is 0 Å². The van der Waals surface area contributed by atoms with E-state index in [0.717, 1.165) is 5.56 Å². The number of carbonyl (C=O) groups is 2. The predicted molar refractivity (Wildman–Crippen MR) is 71.1 cm³/mol. The Balaban J connectivity index is 2.70. The maximum absolute atomic E-state index is 11.4. The SMILES string of the molecule is Cc1cnc(C(=O)O)c2cccc(NC(=O)CN)c12. The van der Waals surface area contributed by atoms with Crippen LogP contribution >= 0.6 is 0 Å². The van der Waals surface area contributed by atoms with Crippen molar-refractivity contribution in [1.29, 1.82) is 0 Å². The van der Waals surface area contributed by atoms with Gasteiger partial charge in [0.1, 0.15) is 0 Å². The quantitative estimate of drug-likeness (QED) is 0.766. The summed E-state index contributed by atoms with van der Waals surface area (Å²) < 4.78 is 0. The zero-order chi connectivity index (χ0) is 14.0. The summed E-state index contributed by atoms with van der Waals surface area (Å²) in [4.78, 5) is 26.4. The summed E-state index contributed by atoms with van der Waals surface area (Å²) in [5, 5.41) is 12.9. The van der Waals surface area contributed by atoms with E-state index >= 15 is 0 Å². The number of aromatic nitrogens is 1. The minimum absolute atomic E-state index is 0.0375. The maximum Gasteiger partial charge on any atom is 0.355 e. The molecule has 0 saturated carbocycles. The van der Waals surface area contributed by atoms with E-state index in [2.05, 4.69) is 10.3 Å². The first kappa shape index (κ1) is 13.0. The van der Waals surface area contributed by atoms with Gasteiger partial charge in [0.05, 0.1) is 6.54 Å². The molecule has 0 aliphatic heterocycles. The second kappa shape index (κ2) is 5.03. The van der Waals surface area contributed by atoms with E-state index < -0.39 is 5.97 Å². The van der Waals surface area contributed by atoms with E-state index in [-0.39, 0.29) is 18.1 Å². The van der Waals surface area contributed by atoms with Crippen LogP contribution in [0.15, 0.2) is 24.4 Å². The van der Waals surface area contributed by atoms with Crippen molar-refractivity contribution in [3.05, 3.63) is 35.7 Å². The van der Waals surface area contributed by atoms with Gasteiger partial charge < -0.3 is 16.2 Å². The number of aryl methyl sites for hydroxylation is 1. The Bertz CT molecular complexity index is 667. The van der Waals surface area contributed by atoms with Gasteiger partial charge in [-0.25, -0.2) is 9.78 Å². The van der Waals surface area contributed by atoms with Crippen molar-refractivity contribution in [1.82, 2.24) is 4.98 Å². The molecule has 0 bridgehead atoms. The van der Waals surface area contributed by atoms with E-state index in [1.54, 1.807) is 25.1 Å². The molecule has 6 heteroatoms. The Hall–Kier alpha value is -2.47. The number of pyridine rings is 1. The lowest BCUT2D eigenvalue weighted by Gasteiger charge is -2.11. The van der Waals surface area contributed by atoms with Crippen molar-refractivity contribution < 1.29 is 14.7 Å². The summed E-state index contributed by atoms with van der Waals surface area (Å²) in [5.74, 6) is -1.44. The molecule has 98 valence electrons. The van der Waals surface area contributed by atoms with Crippen LogP contribution < -0.4 is 11.1 Å². The minimum atomic E-state index is -1.10. The van der Waals surface area contributed by atoms with Gasteiger partial charge in [-0.3, -0.25) is 4.79 Å². The molecular formula is C13H13N3O3. The first-order valence-corrected chi connectivity index (χ1v) is 5.66. The van der Waals surface area contributed by atoms with Crippen molar-refractivity contribution >= 4 is 28.3 Å². The van der Waals surface area contributed by atoms with E-state index in [0.29, 0.717) is 16.5 Å². The zero-order valence-electron chi connectivity index (χ0n) is 10.3. The summed E-state index contributed by atoms with van der Waals surface area (Å²) in [7, 11) is 0. The molecule has 2 rings (SSSR count). The number of carboxylic acids is 1. The van der Waals surface area contributed by atoms with Crippen LogP contribution in [0, 0.1) is 6.92 Å². The van der Waals surface area contributed by atoms with Crippen LogP contribution in [0.2, 0.25) is 0 Å². The van der Waals surface area contributed by atoms with Crippen LogP contribution in [0.4, 0.5) is 5.69 Å². The highest BCUT2D eigenvalue weighted by Gasteiger charge is 2.14. The first-order valence-electron chi connectivity index (χ1n) is 5.66. The second-order valence-corrected chi connectivity index (χ2v) is 4.08. The minimum Gasteiger partial charge on any atom is -0.476 e. The molecule has 0 aliphatic rings. The number of nitrogens with two attached hydrogens (primary N) is 1. The molecule has 0 aliphatic carbocycles. The molecule has 0 saturated heterocycles. The largest absolute Gasteiger partial charge is 0.476 e. The van der Waals surface area contributed by atoms with Crippen molar-refractivity contribution in [2.45, 2.75) is 6.92 Å². The lowest BCUT2D eigenvalue weighted by Crippen LogP contribution is -2.22. The molecule has 6 nitrogen and oxygen atoms in total. The number of carbonyl (C=O) groups excluding carboxylic acids is 1. The van der Waals surface area contributed by atoms with Crippen molar-refractivity contribution in [3.8, 4) is 0 Å². The van der Waals surface area contributed by atoms with Gasteiger partial charge in [-0.05, 0) is 18.6 Å². The van der Waals surface area contributed by atoms with Gasteiger partial charge >= 0.3 is 5.97 Å². The molecule has 1 aromatic heterocycles. The van der Waals surface area contributed by atoms with Gasteiger partial charge in [0.25, 0.3) is 0 Å². The fourth-order valence-electron chi connectivity index (χ4n) is 1.95. The molecule has 0 unspecified atom stereocenters. The molecule has 1 aromatic carbocycles. The first-order chi connectivity index (χ1) is 9.04. The van der Waals surface area contributed by atoms with Crippen LogP contribution in [-0.2, 0) is 4.79 Å². The van der Waals surface area contributed by atoms with Gasteiger partial charge in [0, 0.05) is 22.7 Å². The number of nitrogens with one attached hydrogen (secondary N) is 1. The highest BCUT2D eigenvalue weighted by atomic mass is 16.4. The standard InChI is InChI=1S/C13H13N3O3/c1-7-6-15-12(13(18)19)8-3-2-4-9(11(7)8)16-10(17)5-14/h2-4,6H,5,14H2,1H3,(H,16,17)(H,18,19). The number of fused-ring (bicyclic) bond motifs is 1. The number of aromatic carboxylic acids is 1. The highest BCUT2D eigenvalue weighted by molar-refractivity contribution is 6.09. The van der Waals surface area contributed by atoms with Crippen molar-refractivity contribution in [2.24, 2.45) is 5.73 Å². The molecular weight excluding hydrogens is 246 g/mol. The van der Waals surface area contributed by atoms with Crippen LogP contribution in [-0.4, -0.2) is 28.5 Å². The zero-order valence-corrected chi connectivity index (χ0v) is 10.3. The van der Waals surface area contributed by atoms with E-state index in [4.69, 9.17) is 10.8 Å². The monoisotopic (exact) mass is 259 g/mol. The van der Waals surface area contributed by atoms with E-state index in [9.17, 15) is 9.59 Å². The second-order valence-electron chi connectivity index (χ2n) is 4.08. The molecule has 19 heavy (non-hydrogen) atoms. The Labute approximate surface area is 109 Å². The smallest absolute Gasteiger partial charge is 0.355 e. The van der Waals surface area contributed by atoms with Crippen LogP contribution in [0.3, 0.4) is 0 Å². The van der Waals surface area contributed by atoms with Crippen LogP contribution in [0.5, 0.6) is 0 Å². The number of carboxylic acid groups (broad SMARTS) is 1. The molecule has 2 aromatic rings. The molecule has 4 N–H and O–H groups in total. The molecule has 0 spiro atoms. The van der Waals surface area contributed by atoms with Gasteiger partial charge in [-0.2, -0.15) is 0 Å². The third-order valence-corrected chi connectivity index (χ3v) is 2.76. The van der Waals surface area contributed by atoms with Crippen molar-refractivity contribution in [2.75, 3.05) is 11.9 Å². The lowest BCUT2D eigenvalue weighted by molar-refractivity contribution is -0.114. The van der Waals surface area contributed by atoms with Gasteiger partial charge in [-0.15, -0.1) is 0 Å². The number of rotatable bonds is 3. The Morgan fingerprint density at radius 1 is 1.42 bits per heavy atom. The molecule has 0 fully saturated rings. The topological polar surface area (TPSA) is 105 Å². The Kier molecular flexibility index (Phi) is 3.43. The molecule has 0 radical (unpaired) electrons. The van der Waals surface area contributed by atoms with Crippen LogP contribution in [0.25, 0.3) is 10.8 Å². The number of hydrogen-bond acceptors (Lipinski definition) is 4. The van der Waals surface area contributed by atoms with E-state index in [1.165, 1.54) is 6.20 Å². The molecule has 1 amide bonds. The highest BCUT2D eigenvalue weighted by Crippen LogP contribution is 2.28. The number of amides is 1. The summed E-state index contributed by atoms with van der Waals surface area (Å²) in [6, 6.07) is 5.04.